The average Bonchev–Trinajstić information content (AvgIpc) is 2.85. The van der Waals surface area contributed by atoms with E-state index in [-0.39, 0.29) is 11.4 Å². The predicted molar refractivity (Wildman–Crippen MR) is 58.5 cm³/mol. The molecule has 16 heavy (non-hydrogen) atoms. The molecule has 0 spiro atoms. The molecular weight excluding hydrogens is 207 g/mol. The molecule has 0 unspecified atom stereocenters. The molecule has 1 aromatic carbocycles. The van der Waals surface area contributed by atoms with Crippen molar-refractivity contribution in [1.82, 2.24) is 0 Å². The van der Waals surface area contributed by atoms with Gasteiger partial charge in [0.05, 0.1) is 0 Å². The van der Waals surface area contributed by atoms with Gasteiger partial charge >= 0.3 is 0 Å². The molecule has 1 aliphatic carbocycles. The van der Waals surface area contributed by atoms with Crippen molar-refractivity contribution in [2.24, 2.45) is 0 Å². The zero-order valence-corrected chi connectivity index (χ0v) is 8.87. The van der Waals surface area contributed by atoms with Gasteiger partial charge in [0.15, 0.2) is 11.4 Å². The van der Waals surface area contributed by atoms with Crippen LogP contribution in [-0.2, 0) is 5.60 Å². The third-order valence-corrected chi connectivity index (χ3v) is 3.39. The molecule has 1 fully saturated rings. The van der Waals surface area contributed by atoms with Gasteiger partial charge < -0.3 is 9.52 Å². The third kappa shape index (κ3) is 1.35. The van der Waals surface area contributed by atoms with Crippen molar-refractivity contribution in [3.63, 3.8) is 0 Å². The fourth-order valence-corrected chi connectivity index (χ4v) is 2.46. The Bertz CT molecular complexity index is 524. The monoisotopic (exact) mass is 220 g/mol. The average molecular weight is 220 g/mol. The quantitative estimate of drug-likeness (QED) is 0.799. The number of halogens is 1. The number of hydrogen-bond donors (Lipinski definition) is 1. The SMILES string of the molecule is OC1(c2cc3cccc(F)c3o2)CCCC1. The Morgan fingerprint density at radius 1 is 1.25 bits per heavy atom. The number of furan rings is 1. The van der Waals surface area contributed by atoms with E-state index in [2.05, 4.69) is 0 Å². The van der Waals surface area contributed by atoms with Crippen molar-refractivity contribution >= 4 is 11.0 Å². The van der Waals surface area contributed by atoms with Gasteiger partial charge in [-0.3, -0.25) is 0 Å². The summed E-state index contributed by atoms with van der Waals surface area (Å²) >= 11 is 0. The third-order valence-electron chi connectivity index (χ3n) is 3.39. The van der Waals surface area contributed by atoms with Crippen molar-refractivity contribution in [2.75, 3.05) is 0 Å². The molecule has 3 heteroatoms. The number of para-hydroxylation sites is 1. The summed E-state index contributed by atoms with van der Waals surface area (Å²) in [6.07, 6.45) is 3.40. The van der Waals surface area contributed by atoms with Gasteiger partial charge in [0, 0.05) is 5.39 Å². The van der Waals surface area contributed by atoms with Crippen LogP contribution in [0.1, 0.15) is 31.4 Å². The number of hydrogen-bond acceptors (Lipinski definition) is 2. The maximum atomic E-state index is 13.4. The molecule has 3 rings (SSSR count). The molecule has 0 saturated heterocycles. The second-order valence-electron chi connectivity index (χ2n) is 4.51. The van der Waals surface area contributed by atoms with Crippen LogP contribution in [0.5, 0.6) is 0 Å². The minimum atomic E-state index is -0.883. The number of rotatable bonds is 1. The van der Waals surface area contributed by atoms with Gasteiger partial charge in [-0.15, -0.1) is 0 Å². The molecule has 1 aromatic heterocycles. The van der Waals surface area contributed by atoms with Crippen molar-refractivity contribution < 1.29 is 13.9 Å². The molecule has 0 radical (unpaired) electrons. The Morgan fingerprint density at radius 2 is 2.00 bits per heavy atom. The van der Waals surface area contributed by atoms with E-state index in [9.17, 15) is 9.50 Å². The first kappa shape index (κ1) is 9.85. The lowest BCUT2D eigenvalue weighted by molar-refractivity contribution is 0.0233. The minimum absolute atomic E-state index is 0.248. The summed E-state index contributed by atoms with van der Waals surface area (Å²) in [4.78, 5) is 0. The van der Waals surface area contributed by atoms with E-state index < -0.39 is 5.60 Å². The molecule has 1 N–H and O–H groups in total. The highest BCUT2D eigenvalue weighted by Gasteiger charge is 2.36. The second-order valence-corrected chi connectivity index (χ2v) is 4.51. The van der Waals surface area contributed by atoms with E-state index in [1.54, 1.807) is 18.2 Å². The van der Waals surface area contributed by atoms with Crippen molar-refractivity contribution in [2.45, 2.75) is 31.3 Å². The molecule has 2 nitrogen and oxygen atoms in total. The van der Waals surface area contributed by atoms with Crippen LogP contribution in [-0.4, -0.2) is 5.11 Å². The molecule has 0 atom stereocenters. The Morgan fingerprint density at radius 3 is 2.69 bits per heavy atom. The smallest absolute Gasteiger partial charge is 0.170 e. The van der Waals surface area contributed by atoms with Gasteiger partial charge in [-0.05, 0) is 37.8 Å². The van der Waals surface area contributed by atoms with Gasteiger partial charge in [0.2, 0.25) is 0 Å². The van der Waals surface area contributed by atoms with Gasteiger partial charge in [0.1, 0.15) is 11.4 Å². The van der Waals surface area contributed by atoms with E-state index in [4.69, 9.17) is 4.42 Å². The van der Waals surface area contributed by atoms with Gasteiger partial charge in [0.25, 0.3) is 0 Å². The van der Waals surface area contributed by atoms with E-state index in [0.29, 0.717) is 18.6 Å². The second kappa shape index (κ2) is 3.32. The first-order valence-corrected chi connectivity index (χ1v) is 5.60. The fraction of sp³-hybridized carbons (Fsp3) is 0.385. The Kier molecular flexibility index (Phi) is 2.04. The predicted octanol–water partition coefficient (Wildman–Crippen LogP) is 3.33. The maximum absolute atomic E-state index is 13.4. The largest absolute Gasteiger partial charge is 0.455 e. The molecule has 1 heterocycles. The van der Waals surface area contributed by atoms with Crippen LogP contribution >= 0.6 is 0 Å². The maximum Gasteiger partial charge on any atom is 0.170 e. The van der Waals surface area contributed by atoms with Crippen LogP contribution in [0.25, 0.3) is 11.0 Å². The van der Waals surface area contributed by atoms with Crippen LogP contribution in [0.15, 0.2) is 28.7 Å². The summed E-state index contributed by atoms with van der Waals surface area (Å²) in [6.45, 7) is 0. The zero-order valence-electron chi connectivity index (χ0n) is 8.87. The lowest BCUT2D eigenvalue weighted by atomic mass is 9.99. The highest BCUT2D eigenvalue weighted by Crippen LogP contribution is 2.40. The van der Waals surface area contributed by atoms with Crippen LogP contribution in [0.4, 0.5) is 4.39 Å². The topological polar surface area (TPSA) is 33.4 Å². The van der Waals surface area contributed by atoms with Gasteiger partial charge in [-0.1, -0.05) is 12.1 Å². The summed E-state index contributed by atoms with van der Waals surface area (Å²) in [5, 5.41) is 11.1. The normalized spacial score (nSPS) is 19.4. The van der Waals surface area contributed by atoms with E-state index in [1.165, 1.54) is 6.07 Å². The molecule has 0 aliphatic heterocycles. The zero-order chi connectivity index (χ0) is 11.2. The molecule has 0 amide bonds. The van der Waals surface area contributed by atoms with Crippen LogP contribution in [0.2, 0.25) is 0 Å². The number of fused-ring (bicyclic) bond motifs is 1. The molecule has 0 bridgehead atoms. The van der Waals surface area contributed by atoms with E-state index in [1.807, 2.05) is 0 Å². The standard InChI is InChI=1S/C13H13FO2/c14-10-5-3-4-9-8-11(16-12(9)10)13(15)6-1-2-7-13/h3-5,8,15H,1-2,6-7H2. The molecular formula is C13H13FO2. The Labute approximate surface area is 92.7 Å². The molecule has 2 aromatic rings. The summed E-state index contributed by atoms with van der Waals surface area (Å²) < 4.78 is 18.9. The summed E-state index contributed by atoms with van der Waals surface area (Å²) in [7, 11) is 0. The van der Waals surface area contributed by atoms with Crippen LogP contribution in [0, 0.1) is 5.82 Å². The summed E-state index contributed by atoms with van der Waals surface area (Å²) in [5.41, 5.74) is -0.635. The van der Waals surface area contributed by atoms with Gasteiger partial charge in [-0.2, -0.15) is 0 Å². The summed E-state index contributed by atoms with van der Waals surface area (Å²) in [6, 6.07) is 6.57. The van der Waals surface area contributed by atoms with Crippen molar-refractivity contribution in [3.8, 4) is 0 Å². The van der Waals surface area contributed by atoms with Crippen molar-refractivity contribution in [1.29, 1.82) is 0 Å². The highest BCUT2D eigenvalue weighted by atomic mass is 19.1. The molecule has 1 saturated carbocycles. The Balaban J connectivity index is 2.15. The van der Waals surface area contributed by atoms with Crippen LogP contribution in [0.3, 0.4) is 0 Å². The summed E-state index contributed by atoms with van der Waals surface area (Å²) in [5.74, 6) is 0.135. The lowest BCUT2D eigenvalue weighted by Gasteiger charge is -2.18. The fourth-order valence-electron chi connectivity index (χ4n) is 2.46. The minimum Gasteiger partial charge on any atom is -0.455 e. The number of benzene rings is 1. The lowest BCUT2D eigenvalue weighted by Crippen LogP contribution is -2.19. The highest BCUT2D eigenvalue weighted by molar-refractivity contribution is 5.78. The van der Waals surface area contributed by atoms with E-state index in [0.717, 1.165) is 18.2 Å². The van der Waals surface area contributed by atoms with Gasteiger partial charge in [-0.25, -0.2) is 4.39 Å². The Hall–Kier alpha value is -1.35. The first-order valence-electron chi connectivity index (χ1n) is 5.60. The molecule has 1 aliphatic rings. The van der Waals surface area contributed by atoms with E-state index >= 15 is 0 Å². The molecule has 84 valence electrons. The number of aliphatic hydroxyl groups is 1. The van der Waals surface area contributed by atoms with Crippen LogP contribution < -0.4 is 0 Å². The van der Waals surface area contributed by atoms with Crippen molar-refractivity contribution in [3.05, 3.63) is 35.8 Å². The first-order chi connectivity index (χ1) is 7.69.